The summed E-state index contributed by atoms with van der Waals surface area (Å²) in [6.45, 7) is 5.07. The third-order valence-electron chi connectivity index (χ3n) is 3.34. The first-order valence-corrected chi connectivity index (χ1v) is 6.71. The predicted molar refractivity (Wildman–Crippen MR) is 70.5 cm³/mol. The lowest BCUT2D eigenvalue weighted by atomic mass is 10.2. The van der Waals surface area contributed by atoms with Gasteiger partial charge in [-0.25, -0.2) is 0 Å². The number of pyridine rings is 1. The highest BCUT2D eigenvalue weighted by Crippen LogP contribution is 2.28. The standard InChI is InChI=1S/C14H23N3/c1-2-3-8-17(14-4-5-14)11-12-6-7-16-13(9-12)10-15/h6-7,9,14H,2-5,8,10-11,15H2,1H3. The molecule has 0 aliphatic heterocycles. The van der Waals surface area contributed by atoms with E-state index in [1.807, 2.05) is 6.20 Å². The zero-order chi connectivity index (χ0) is 12.1. The lowest BCUT2D eigenvalue weighted by molar-refractivity contribution is 0.250. The van der Waals surface area contributed by atoms with Gasteiger partial charge in [-0.05, 0) is 43.5 Å². The number of nitrogens with zero attached hydrogens (tertiary/aromatic N) is 2. The molecule has 2 N–H and O–H groups in total. The van der Waals surface area contributed by atoms with Gasteiger partial charge in [0.2, 0.25) is 0 Å². The molecule has 0 unspecified atom stereocenters. The average Bonchev–Trinajstić information content (AvgIpc) is 3.19. The van der Waals surface area contributed by atoms with Gasteiger partial charge in [-0.3, -0.25) is 9.88 Å². The third kappa shape index (κ3) is 3.79. The number of aromatic nitrogens is 1. The van der Waals surface area contributed by atoms with Gasteiger partial charge in [-0.1, -0.05) is 13.3 Å². The second kappa shape index (κ2) is 6.12. The summed E-state index contributed by atoms with van der Waals surface area (Å²) in [5.74, 6) is 0. The first-order valence-electron chi connectivity index (χ1n) is 6.71. The maximum absolute atomic E-state index is 5.63. The Balaban J connectivity index is 1.95. The van der Waals surface area contributed by atoms with E-state index < -0.39 is 0 Å². The van der Waals surface area contributed by atoms with Crippen molar-refractivity contribution in [1.82, 2.24) is 9.88 Å². The van der Waals surface area contributed by atoms with Crippen molar-refractivity contribution in [3.63, 3.8) is 0 Å². The summed E-state index contributed by atoms with van der Waals surface area (Å²) in [6, 6.07) is 5.08. The Bertz CT molecular complexity index is 347. The minimum atomic E-state index is 0.534. The molecule has 1 aliphatic carbocycles. The van der Waals surface area contributed by atoms with E-state index in [-0.39, 0.29) is 0 Å². The van der Waals surface area contributed by atoms with Gasteiger partial charge in [-0.15, -0.1) is 0 Å². The van der Waals surface area contributed by atoms with Crippen molar-refractivity contribution >= 4 is 0 Å². The number of hydrogen-bond donors (Lipinski definition) is 1. The summed E-state index contributed by atoms with van der Waals surface area (Å²) in [4.78, 5) is 6.85. The highest BCUT2D eigenvalue weighted by atomic mass is 15.2. The number of unbranched alkanes of at least 4 members (excludes halogenated alkanes) is 1. The van der Waals surface area contributed by atoms with Crippen LogP contribution in [-0.4, -0.2) is 22.5 Å². The SMILES string of the molecule is CCCCN(Cc1ccnc(CN)c1)C1CC1. The Morgan fingerprint density at radius 2 is 2.29 bits per heavy atom. The summed E-state index contributed by atoms with van der Waals surface area (Å²) in [5, 5.41) is 0. The minimum Gasteiger partial charge on any atom is -0.325 e. The van der Waals surface area contributed by atoms with Gasteiger partial charge in [0.15, 0.2) is 0 Å². The molecular formula is C14H23N3. The fraction of sp³-hybridized carbons (Fsp3) is 0.643. The summed E-state index contributed by atoms with van der Waals surface area (Å²) in [7, 11) is 0. The summed E-state index contributed by atoms with van der Waals surface area (Å²) < 4.78 is 0. The quantitative estimate of drug-likeness (QED) is 0.786. The first-order chi connectivity index (χ1) is 8.33. The van der Waals surface area contributed by atoms with E-state index in [2.05, 4.69) is 28.9 Å². The fourth-order valence-corrected chi connectivity index (χ4v) is 2.16. The molecule has 0 saturated heterocycles. The highest BCUT2D eigenvalue weighted by molar-refractivity contribution is 5.16. The van der Waals surface area contributed by atoms with Gasteiger partial charge in [0, 0.05) is 25.3 Å². The Kier molecular flexibility index (Phi) is 4.51. The topological polar surface area (TPSA) is 42.2 Å². The molecule has 1 aromatic heterocycles. The molecule has 1 saturated carbocycles. The van der Waals surface area contributed by atoms with Crippen molar-refractivity contribution in [2.24, 2.45) is 5.73 Å². The fourth-order valence-electron chi connectivity index (χ4n) is 2.16. The highest BCUT2D eigenvalue weighted by Gasteiger charge is 2.28. The minimum absolute atomic E-state index is 0.534. The molecule has 94 valence electrons. The smallest absolute Gasteiger partial charge is 0.0542 e. The second-order valence-electron chi connectivity index (χ2n) is 4.91. The van der Waals surface area contributed by atoms with Crippen LogP contribution >= 0.6 is 0 Å². The molecule has 3 heteroatoms. The van der Waals surface area contributed by atoms with Crippen molar-refractivity contribution < 1.29 is 0 Å². The van der Waals surface area contributed by atoms with E-state index in [9.17, 15) is 0 Å². The number of nitrogens with two attached hydrogens (primary N) is 1. The molecular weight excluding hydrogens is 210 g/mol. The van der Waals surface area contributed by atoms with Gasteiger partial charge in [0.1, 0.15) is 0 Å². The monoisotopic (exact) mass is 233 g/mol. The van der Waals surface area contributed by atoms with Crippen LogP contribution in [0.25, 0.3) is 0 Å². The molecule has 0 radical (unpaired) electrons. The van der Waals surface area contributed by atoms with Gasteiger partial charge >= 0.3 is 0 Å². The Labute approximate surface area is 104 Å². The van der Waals surface area contributed by atoms with Gasteiger partial charge < -0.3 is 5.73 Å². The first kappa shape index (κ1) is 12.5. The van der Waals surface area contributed by atoms with Crippen molar-refractivity contribution in [3.05, 3.63) is 29.6 Å². The van der Waals surface area contributed by atoms with Crippen LogP contribution in [0.3, 0.4) is 0 Å². The Hall–Kier alpha value is -0.930. The third-order valence-corrected chi connectivity index (χ3v) is 3.34. The maximum atomic E-state index is 5.63. The lowest BCUT2D eigenvalue weighted by Crippen LogP contribution is -2.26. The molecule has 1 fully saturated rings. The van der Waals surface area contributed by atoms with Crippen LogP contribution in [0.1, 0.15) is 43.9 Å². The molecule has 1 aromatic rings. The van der Waals surface area contributed by atoms with Gasteiger partial charge in [0.25, 0.3) is 0 Å². The zero-order valence-electron chi connectivity index (χ0n) is 10.7. The predicted octanol–water partition coefficient (Wildman–Crippen LogP) is 2.30. The van der Waals surface area contributed by atoms with Crippen molar-refractivity contribution in [2.75, 3.05) is 6.54 Å². The molecule has 2 rings (SSSR count). The van der Waals surface area contributed by atoms with Crippen LogP contribution in [0.4, 0.5) is 0 Å². The summed E-state index contributed by atoms with van der Waals surface area (Å²) >= 11 is 0. The summed E-state index contributed by atoms with van der Waals surface area (Å²) in [5.41, 5.74) is 7.97. The number of hydrogen-bond acceptors (Lipinski definition) is 3. The van der Waals surface area contributed by atoms with Crippen LogP contribution in [0.15, 0.2) is 18.3 Å². The van der Waals surface area contributed by atoms with Gasteiger partial charge in [-0.2, -0.15) is 0 Å². The van der Waals surface area contributed by atoms with Gasteiger partial charge in [0.05, 0.1) is 5.69 Å². The van der Waals surface area contributed by atoms with Crippen LogP contribution in [0.2, 0.25) is 0 Å². The van der Waals surface area contributed by atoms with Crippen molar-refractivity contribution in [2.45, 2.75) is 51.7 Å². The maximum Gasteiger partial charge on any atom is 0.0542 e. The molecule has 0 amide bonds. The van der Waals surface area contributed by atoms with E-state index in [1.165, 1.54) is 37.8 Å². The average molecular weight is 233 g/mol. The Morgan fingerprint density at radius 1 is 1.47 bits per heavy atom. The molecule has 0 spiro atoms. The molecule has 0 bridgehead atoms. The van der Waals surface area contributed by atoms with E-state index in [0.29, 0.717) is 6.54 Å². The normalized spacial score (nSPS) is 15.5. The molecule has 1 heterocycles. The van der Waals surface area contributed by atoms with E-state index >= 15 is 0 Å². The van der Waals surface area contributed by atoms with E-state index in [4.69, 9.17) is 5.73 Å². The second-order valence-corrected chi connectivity index (χ2v) is 4.91. The van der Waals surface area contributed by atoms with Crippen LogP contribution in [0.5, 0.6) is 0 Å². The molecule has 1 aliphatic rings. The van der Waals surface area contributed by atoms with E-state index in [1.54, 1.807) is 0 Å². The largest absolute Gasteiger partial charge is 0.325 e. The van der Waals surface area contributed by atoms with Crippen molar-refractivity contribution in [1.29, 1.82) is 0 Å². The zero-order valence-corrected chi connectivity index (χ0v) is 10.7. The van der Waals surface area contributed by atoms with Crippen LogP contribution in [-0.2, 0) is 13.1 Å². The van der Waals surface area contributed by atoms with Crippen LogP contribution < -0.4 is 5.73 Å². The molecule has 0 atom stereocenters. The molecule has 0 aromatic carbocycles. The summed E-state index contributed by atoms with van der Waals surface area (Å²) in [6.07, 6.45) is 7.19. The molecule has 17 heavy (non-hydrogen) atoms. The lowest BCUT2D eigenvalue weighted by Gasteiger charge is -2.21. The van der Waals surface area contributed by atoms with Crippen LogP contribution in [0, 0.1) is 0 Å². The Morgan fingerprint density at radius 3 is 2.94 bits per heavy atom. The van der Waals surface area contributed by atoms with Crippen molar-refractivity contribution in [3.8, 4) is 0 Å². The van der Waals surface area contributed by atoms with E-state index in [0.717, 1.165) is 18.3 Å². The molecule has 3 nitrogen and oxygen atoms in total. The number of rotatable bonds is 7.